The van der Waals surface area contributed by atoms with Crippen LogP contribution in [-0.4, -0.2) is 59.4 Å². The first kappa shape index (κ1) is 27.6. The molecule has 1 aromatic heterocycles. The van der Waals surface area contributed by atoms with Crippen LogP contribution in [0.3, 0.4) is 0 Å². The third-order valence-corrected chi connectivity index (χ3v) is 6.56. The molecule has 0 radical (unpaired) electrons. The normalized spacial score (nSPS) is 13.7. The Morgan fingerprint density at radius 2 is 1.61 bits per heavy atom. The summed E-state index contributed by atoms with van der Waals surface area (Å²) in [5.74, 6) is 0.100. The number of carboxylic acid groups (broad SMARTS) is 1. The fourth-order valence-electron chi connectivity index (χ4n) is 4.45. The average molecular weight is 554 g/mol. The molecule has 4 aromatic rings. The molecule has 1 aliphatic rings. The minimum atomic E-state index is -1.27. The molecule has 2 heterocycles. The molecule has 1 aliphatic heterocycles. The van der Waals surface area contributed by atoms with E-state index in [2.05, 4.69) is 48.5 Å². The molecule has 0 bridgehead atoms. The molecule has 11 nitrogen and oxygen atoms in total. The first-order valence-corrected chi connectivity index (χ1v) is 13.3. The number of nitrogens with one attached hydrogen (secondary N) is 4. The molecule has 0 aliphatic carbocycles. The highest BCUT2D eigenvalue weighted by Crippen LogP contribution is 2.23. The molecule has 0 saturated carbocycles. The summed E-state index contributed by atoms with van der Waals surface area (Å²) in [6, 6.07) is 25.8. The van der Waals surface area contributed by atoms with Gasteiger partial charge in [-0.15, -0.1) is 0 Å². The van der Waals surface area contributed by atoms with Gasteiger partial charge < -0.3 is 25.4 Å². The van der Waals surface area contributed by atoms with E-state index < -0.39 is 12.1 Å². The molecular weight excluding hydrogens is 522 g/mol. The lowest BCUT2D eigenvalue weighted by Crippen LogP contribution is -2.50. The maximum Gasteiger partial charge on any atom is 0.419 e. The van der Waals surface area contributed by atoms with Crippen molar-refractivity contribution in [2.24, 2.45) is 0 Å². The Morgan fingerprint density at radius 3 is 2.32 bits per heavy atom. The van der Waals surface area contributed by atoms with Crippen molar-refractivity contribution in [3.63, 3.8) is 0 Å². The number of benzene rings is 3. The molecule has 5 N–H and O–H groups in total. The van der Waals surface area contributed by atoms with Crippen molar-refractivity contribution in [3.8, 4) is 11.3 Å². The quantitative estimate of drug-likeness (QED) is 0.184. The van der Waals surface area contributed by atoms with Crippen molar-refractivity contribution < 1.29 is 19.4 Å². The van der Waals surface area contributed by atoms with E-state index in [0.29, 0.717) is 18.1 Å². The lowest BCUT2D eigenvalue weighted by atomic mass is 10.1. The number of amides is 2. The van der Waals surface area contributed by atoms with Crippen molar-refractivity contribution >= 4 is 35.0 Å². The van der Waals surface area contributed by atoms with Crippen LogP contribution < -0.4 is 26.4 Å². The lowest BCUT2D eigenvalue weighted by Gasteiger charge is -2.28. The van der Waals surface area contributed by atoms with Crippen LogP contribution in [0, 0.1) is 0 Å². The summed E-state index contributed by atoms with van der Waals surface area (Å²) in [7, 11) is 0. The lowest BCUT2D eigenvalue weighted by molar-refractivity contribution is -0.118. The molecule has 1 unspecified atom stereocenters. The highest BCUT2D eigenvalue weighted by atomic mass is 16.5. The standard InChI is InChI=1S/C30H31N7O4/c38-28(27(35-36-30(39)40)20-21-4-2-1-3-5-21)32-23-8-6-22(7-9-23)26-14-15-31-29(34-26)33-24-10-12-25(13-11-24)37-16-18-41-19-17-37/h1-15,27,35-36H,16-20H2,(H,32,38)(H,39,40)(H,31,33,34). The zero-order valence-electron chi connectivity index (χ0n) is 22.3. The van der Waals surface area contributed by atoms with Crippen molar-refractivity contribution in [2.45, 2.75) is 12.5 Å². The van der Waals surface area contributed by atoms with Crippen LogP contribution in [0.5, 0.6) is 0 Å². The highest BCUT2D eigenvalue weighted by Gasteiger charge is 2.20. The topological polar surface area (TPSA) is 141 Å². The molecule has 1 saturated heterocycles. The monoisotopic (exact) mass is 553 g/mol. The Morgan fingerprint density at radius 1 is 0.902 bits per heavy atom. The summed E-state index contributed by atoms with van der Waals surface area (Å²) in [6.07, 6.45) is 0.721. The number of hydrogen-bond donors (Lipinski definition) is 5. The Kier molecular flexibility index (Phi) is 8.99. The Labute approximate surface area is 237 Å². The third kappa shape index (κ3) is 7.78. The molecule has 11 heteroatoms. The summed E-state index contributed by atoms with van der Waals surface area (Å²) >= 11 is 0. The Hall–Kier alpha value is -5.00. The van der Waals surface area contributed by atoms with Gasteiger partial charge in [0, 0.05) is 41.9 Å². The summed E-state index contributed by atoms with van der Waals surface area (Å²) in [5, 5.41) is 15.1. The van der Waals surface area contributed by atoms with Crippen LogP contribution in [0.15, 0.2) is 91.1 Å². The summed E-state index contributed by atoms with van der Waals surface area (Å²) in [4.78, 5) is 35.2. The van der Waals surface area contributed by atoms with Crippen LogP contribution in [0.4, 0.5) is 27.8 Å². The van der Waals surface area contributed by atoms with Gasteiger partial charge in [-0.25, -0.2) is 20.2 Å². The molecule has 5 rings (SSSR count). The van der Waals surface area contributed by atoms with Gasteiger partial charge in [-0.3, -0.25) is 10.2 Å². The van der Waals surface area contributed by atoms with Crippen LogP contribution in [-0.2, 0) is 16.0 Å². The van der Waals surface area contributed by atoms with Gasteiger partial charge in [0.2, 0.25) is 11.9 Å². The van der Waals surface area contributed by atoms with Gasteiger partial charge in [0.05, 0.1) is 18.9 Å². The number of rotatable bonds is 10. The highest BCUT2D eigenvalue weighted by molar-refractivity contribution is 5.95. The van der Waals surface area contributed by atoms with E-state index in [-0.39, 0.29) is 5.91 Å². The first-order chi connectivity index (χ1) is 20.0. The minimum absolute atomic E-state index is 0.303. The Balaban J connectivity index is 1.21. The number of nitrogens with zero attached hydrogens (tertiary/aromatic N) is 3. The summed E-state index contributed by atoms with van der Waals surface area (Å²) < 4.78 is 5.43. The van der Waals surface area contributed by atoms with Gasteiger partial charge in [-0.1, -0.05) is 42.5 Å². The third-order valence-electron chi connectivity index (χ3n) is 6.56. The average Bonchev–Trinajstić information content (AvgIpc) is 3.01. The van der Waals surface area contributed by atoms with Gasteiger partial charge in [0.1, 0.15) is 6.04 Å². The van der Waals surface area contributed by atoms with E-state index in [1.54, 1.807) is 18.3 Å². The van der Waals surface area contributed by atoms with Gasteiger partial charge in [-0.2, -0.15) is 0 Å². The van der Waals surface area contributed by atoms with E-state index >= 15 is 0 Å². The van der Waals surface area contributed by atoms with E-state index in [1.165, 1.54) is 0 Å². The van der Waals surface area contributed by atoms with Crippen molar-refractivity contribution in [3.05, 3.63) is 96.7 Å². The molecule has 2 amide bonds. The van der Waals surface area contributed by atoms with E-state index in [0.717, 1.165) is 54.5 Å². The predicted molar refractivity (Wildman–Crippen MR) is 157 cm³/mol. The molecule has 1 atom stereocenters. The number of hydrogen-bond acceptors (Lipinski definition) is 8. The molecule has 210 valence electrons. The number of morpholine rings is 1. The van der Waals surface area contributed by atoms with Gasteiger partial charge in [0.25, 0.3) is 0 Å². The number of carbonyl (C=O) groups is 2. The van der Waals surface area contributed by atoms with Crippen LogP contribution in [0.1, 0.15) is 5.56 Å². The van der Waals surface area contributed by atoms with Crippen LogP contribution >= 0.6 is 0 Å². The van der Waals surface area contributed by atoms with Crippen molar-refractivity contribution in [2.75, 3.05) is 41.8 Å². The van der Waals surface area contributed by atoms with E-state index in [4.69, 9.17) is 9.84 Å². The molecule has 41 heavy (non-hydrogen) atoms. The number of anilines is 4. The Bertz CT molecular complexity index is 1440. The summed E-state index contributed by atoms with van der Waals surface area (Å²) in [5.41, 5.74) is 9.73. The number of carbonyl (C=O) groups excluding carboxylic acids is 1. The largest absolute Gasteiger partial charge is 0.464 e. The van der Waals surface area contributed by atoms with Gasteiger partial charge in [0.15, 0.2) is 0 Å². The minimum Gasteiger partial charge on any atom is -0.464 e. The molecule has 3 aromatic carbocycles. The maximum atomic E-state index is 13.0. The van der Waals surface area contributed by atoms with Gasteiger partial charge >= 0.3 is 6.09 Å². The molecule has 0 spiro atoms. The first-order valence-electron chi connectivity index (χ1n) is 13.3. The predicted octanol–water partition coefficient (Wildman–Crippen LogP) is 4.05. The fraction of sp³-hybridized carbons (Fsp3) is 0.200. The second kappa shape index (κ2) is 13.4. The smallest absolute Gasteiger partial charge is 0.419 e. The van der Waals surface area contributed by atoms with Gasteiger partial charge in [-0.05, 0) is 54.4 Å². The fourth-order valence-corrected chi connectivity index (χ4v) is 4.45. The number of ether oxygens (including phenoxy) is 1. The number of hydrazine groups is 1. The summed E-state index contributed by atoms with van der Waals surface area (Å²) in [6.45, 7) is 3.25. The van der Waals surface area contributed by atoms with Crippen molar-refractivity contribution in [1.82, 2.24) is 20.8 Å². The van der Waals surface area contributed by atoms with E-state index in [9.17, 15) is 9.59 Å². The van der Waals surface area contributed by atoms with Crippen LogP contribution in [0.2, 0.25) is 0 Å². The van der Waals surface area contributed by atoms with Crippen LogP contribution in [0.25, 0.3) is 11.3 Å². The van der Waals surface area contributed by atoms with Crippen molar-refractivity contribution in [1.29, 1.82) is 0 Å². The zero-order valence-corrected chi connectivity index (χ0v) is 22.3. The SMILES string of the molecule is O=C(O)NNC(Cc1ccccc1)C(=O)Nc1ccc(-c2ccnc(Nc3ccc(N4CCOCC4)cc3)n2)cc1. The second-order valence-electron chi connectivity index (χ2n) is 9.42. The molecular formula is C30H31N7O4. The maximum absolute atomic E-state index is 13.0. The molecule has 1 fully saturated rings. The second-order valence-corrected chi connectivity index (χ2v) is 9.42. The van der Waals surface area contributed by atoms with E-state index in [1.807, 2.05) is 60.7 Å². The number of aromatic nitrogens is 2. The zero-order chi connectivity index (χ0) is 28.4.